The summed E-state index contributed by atoms with van der Waals surface area (Å²) in [5, 5.41) is 4.28. The van der Waals surface area contributed by atoms with E-state index < -0.39 is 0 Å². The van der Waals surface area contributed by atoms with Crippen LogP contribution in [-0.4, -0.2) is 23.0 Å². The van der Waals surface area contributed by atoms with Crippen LogP contribution in [0.25, 0.3) is 0 Å². The normalized spacial score (nSPS) is 18.6. The van der Waals surface area contributed by atoms with Gasteiger partial charge in [0.2, 0.25) is 0 Å². The molecular weight excluding hydrogens is 178 g/mol. The SMILES string of the molecule is NCc1cnn(CC2CCOCC2)c1. The van der Waals surface area contributed by atoms with E-state index >= 15 is 0 Å². The molecule has 0 spiro atoms. The minimum Gasteiger partial charge on any atom is -0.381 e. The Morgan fingerprint density at radius 1 is 1.50 bits per heavy atom. The first-order chi connectivity index (χ1) is 6.88. The summed E-state index contributed by atoms with van der Waals surface area (Å²) in [7, 11) is 0. The van der Waals surface area contributed by atoms with Crippen molar-refractivity contribution in [1.29, 1.82) is 0 Å². The molecule has 0 radical (unpaired) electrons. The first kappa shape index (κ1) is 9.68. The molecule has 1 aromatic rings. The highest BCUT2D eigenvalue weighted by molar-refractivity contribution is 5.02. The molecule has 4 heteroatoms. The Balaban J connectivity index is 1.89. The van der Waals surface area contributed by atoms with Gasteiger partial charge in [-0.3, -0.25) is 4.68 Å². The Morgan fingerprint density at radius 3 is 2.93 bits per heavy atom. The maximum absolute atomic E-state index is 5.52. The van der Waals surface area contributed by atoms with Crippen LogP contribution in [0.5, 0.6) is 0 Å². The van der Waals surface area contributed by atoms with Gasteiger partial charge in [-0.05, 0) is 18.8 Å². The fourth-order valence-corrected chi connectivity index (χ4v) is 1.81. The molecule has 78 valence electrons. The highest BCUT2D eigenvalue weighted by Crippen LogP contribution is 2.16. The lowest BCUT2D eigenvalue weighted by atomic mass is 10.0. The molecule has 2 heterocycles. The molecule has 0 aliphatic carbocycles. The van der Waals surface area contributed by atoms with Crippen LogP contribution in [0.1, 0.15) is 18.4 Å². The third kappa shape index (κ3) is 2.33. The minimum atomic E-state index is 0.577. The molecular formula is C10H17N3O. The molecule has 4 nitrogen and oxygen atoms in total. The number of rotatable bonds is 3. The minimum absolute atomic E-state index is 0.577. The standard InChI is InChI=1S/C10H17N3O/c11-5-10-6-12-13(8-10)7-9-1-3-14-4-2-9/h6,8-9H,1-5,7,11H2. The Hall–Kier alpha value is -0.870. The highest BCUT2D eigenvalue weighted by atomic mass is 16.5. The Labute approximate surface area is 84.0 Å². The van der Waals surface area contributed by atoms with E-state index in [9.17, 15) is 0 Å². The first-order valence-electron chi connectivity index (χ1n) is 5.17. The fraction of sp³-hybridized carbons (Fsp3) is 0.700. The van der Waals surface area contributed by atoms with Crippen molar-refractivity contribution in [2.75, 3.05) is 13.2 Å². The molecule has 1 aliphatic rings. The van der Waals surface area contributed by atoms with Crippen LogP contribution >= 0.6 is 0 Å². The van der Waals surface area contributed by atoms with Gasteiger partial charge in [-0.15, -0.1) is 0 Å². The van der Waals surface area contributed by atoms with Crippen LogP contribution in [0, 0.1) is 5.92 Å². The van der Waals surface area contributed by atoms with Crippen molar-refractivity contribution in [2.24, 2.45) is 11.7 Å². The van der Waals surface area contributed by atoms with Crippen LogP contribution in [0.4, 0.5) is 0 Å². The van der Waals surface area contributed by atoms with Crippen molar-refractivity contribution in [1.82, 2.24) is 9.78 Å². The topological polar surface area (TPSA) is 53.1 Å². The smallest absolute Gasteiger partial charge is 0.0534 e. The number of hydrogen-bond donors (Lipinski definition) is 1. The summed E-state index contributed by atoms with van der Waals surface area (Å²) in [6.07, 6.45) is 6.18. The van der Waals surface area contributed by atoms with Gasteiger partial charge in [0.15, 0.2) is 0 Å². The van der Waals surface area contributed by atoms with Gasteiger partial charge in [0.1, 0.15) is 0 Å². The first-order valence-corrected chi connectivity index (χ1v) is 5.17. The van der Waals surface area contributed by atoms with Crippen LogP contribution < -0.4 is 5.73 Å². The van der Waals surface area contributed by atoms with Gasteiger partial charge in [0.25, 0.3) is 0 Å². The van der Waals surface area contributed by atoms with Crippen molar-refractivity contribution in [3.8, 4) is 0 Å². The monoisotopic (exact) mass is 195 g/mol. The number of hydrogen-bond acceptors (Lipinski definition) is 3. The molecule has 1 aliphatic heterocycles. The molecule has 0 atom stereocenters. The van der Waals surface area contributed by atoms with Crippen molar-refractivity contribution in [3.63, 3.8) is 0 Å². The van der Waals surface area contributed by atoms with Crippen LogP contribution in [0.2, 0.25) is 0 Å². The predicted molar refractivity (Wildman–Crippen MR) is 53.7 cm³/mol. The number of ether oxygens (including phenoxy) is 1. The van der Waals surface area contributed by atoms with Crippen LogP contribution in [0.15, 0.2) is 12.4 Å². The maximum atomic E-state index is 5.52. The molecule has 2 rings (SSSR count). The van der Waals surface area contributed by atoms with Gasteiger partial charge in [-0.2, -0.15) is 5.10 Å². The summed E-state index contributed by atoms with van der Waals surface area (Å²) >= 11 is 0. The van der Waals surface area contributed by atoms with Crippen LogP contribution in [-0.2, 0) is 17.8 Å². The van der Waals surface area contributed by atoms with E-state index in [-0.39, 0.29) is 0 Å². The van der Waals surface area contributed by atoms with Gasteiger partial charge >= 0.3 is 0 Å². The molecule has 0 unspecified atom stereocenters. The molecule has 0 aromatic carbocycles. The van der Waals surface area contributed by atoms with E-state index in [2.05, 4.69) is 5.10 Å². The van der Waals surface area contributed by atoms with E-state index in [0.717, 1.165) is 38.2 Å². The van der Waals surface area contributed by atoms with E-state index in [1.54, 1.807) is 0 Å². The van der Waals surface area contributed by atoms with Gasteiger partial charge in [0, 0.05) is 38.1 Å². The quantitative estimate of drug-likeness (QED) is 0.775. The summed E-state index contributed by atoms with van der Waals surface area (Å²) < 4.78 is 7.31. The molecule has 2 N–H and O–H groups in total. The maximum Gasteiger partial charge on any atom is 0.0534 e. The van der Waals surface area contributed by atoms with Gasteiger partial charge in [-0.25, -0.2) is 0 Å². The number of nitrogens with zero attached hydrogens (tertiary/aromatic N) is 2. The molecule has 0 saturated carbocycles. The lowest BCUT2D eigenvalue weighted by molar-refractivity contribution is 0.0601. The zero-order valence-corrected chi connectivity index (χ0v) is 8.35. The average Bonchev–Trinajstić information content (AvgIpc) is 2.67. The summed E-state index contributed by atoms with van der Waals surface area (Å²) in [5.74, 6) is 0.717. The number of aromatic nitrogens is 2. The van der Waals surface area contributed by atoms with Gasteiger partial charge < -0.3 is 10.5 Å². The van der Waals surface area contributed by atoms with E-state index in [4.69, 9.17) is 10.5 Å². The predicted octanol–water partition coefficient (Wildman–Crippen LogP) is 0.768. The van der Waals surface area contributed by atoms with Crippen molar-refractivity contribution >= 4 is 0 Å². The largest absolute Gasteiger partial charge is 0.381 e. The fourth-order valence-electron chi connectivity index (χ4n) is 1.81. The molecule has 1 fully saturated rings. The third-order valence-corrected chi connectivity index (χ3v) is 2.71. The second-order valence-electron chi connectivity index (χ2n) is 3.83. The summed E-state index contributed by atoms with van der Waals surface area (Å²) in [5.41, 5.74) is 6.63. The zero-order chi connectivity index (χ0) is 9.80. The lowest BCUT2D eigenvalue weighted by Crippen LogP contribution is -2.20. The molecule has 1 saturated heterocycles. The Kier molecular flexibility index (Phi) is 3.16. The van der Waals surface area contributed by atoms with E-state index in [0.29, 0.717) is 12.5 Å². The highest BCUT2D eigenvalue weighted by Gasteiger charge is 2.14. The van der Waals surface area contributed by atoms with E-state index in [1.807, 2.05) is 17.1 Å². The summed E-state index contributed by atoms with van der Waals surface area (Å²) in [6.45, 7) is 3.38. The second-order valence-corrected chi connectivity index (χ2v) is 3.83. The van der Waals surface area contributed by atoms with Gasteiger partial charge in [0.05, 0.1) is 6.20 Å². The third-order valence-electron chi connectivity index (χ3n) is 2.71. The molecule has 14 heavy (non-hydrogen) atoms. The lowest BCUT2D eigenvalue weighted by Gasteiger charge is -2.21. The van der Waals surface area contributed by atoms with Crippen molar-refractivity contribution in [3.05, 3.63) is 18.0 Å². The van der Waals surface area contributed by atoms with Crippen molar-refractivity contribution in [2.45, 2.75) is 25.9 Å². The Bertz CT molecular complexity index is 279. The summed E-state index contributed by atoms with van der Waals surface area (Å²) in [4.78, 5) is 0. The van der Waals surface area contributed by atoms with Gasteiger partial charge in [-0.1, -0.05) is 0 Å². The van der Waals surface area contributed by atoms with Crippen molar-refractivity contribution < 1.29 is 4.74 Å². The van der Waals surface area contributed by atoms with Crippen LogP contribution in [0.3, 0.4) is 0 Å². The number of nitrogens with two attached hydrogens (primary N) is 1. The zero-order valence-electron chi connectivity index (χ0n) is 8.35. The van der Waals surface area contributed by atoms with E-state index in [1.165, 1.54) is 0 Å². The average molecular weight is 195 g/mol. The molecule has 0 amide bonds. The summed E-state index contributed by atoms with van der Waals surface area (Å²) in [6, 6.07) is 0. The molecule has 1 aromatic heterocycles. The Morgan fingerprint density at radius 2 is 2.29 bits per heavy atom. The molecule has 0 bridgehead atoms. The second kappa shape index (κ2) is 4.57.